The molecule has 0 aromatic heterocycles. The largest absolute Gasteiger partial charge is 0.467 e. The highest BCUT2D eigenvalue weighted by molar-refractivity contribution is 6.90. The van der Waals surface area contributed by atoms with Crippen molar-refractivity contribution in [2.45, 2.75) is 25.2 Å². The average molecular weight is 367 g/mol. The SMILES string of the molecule is COC(=O)C(C[Si](C)(C)c1ccccc1)N1C(=O)c2ccccc2C1=O. The van der Waals surface area contributed by atoms with E-state index in [2.05, 4.69) is 13.1 Å². The summed E-state index contributed by atoms with van der Waals surface area (Å²) in [7, 11) is -0.816. The molecule has 1 heterocycles. The minimum absolute atomic E-state index is 0.339. The Morgan fingerprint density at radius 1 is 0.962 bits per heavy atom. The van der Waals surface area contributed by atoms with E-state index in [1.807, 2.05) is 30.3 Å². The van der Waals surface area contributed by atoms with E-state index in [0.717, 1.165) is 10.1 Å². The molecule has 0 N–H and O–H groups in total. The number of rotatable bonds is 5. The third-order valence-corrected chi connectivity index (χ3v) is 8.17. The molecule has 5 nitrogen and oxygen atoms in total. The van der Waals surface area contributed by atoms with Gasteiger partial charge >= 0.3 is 5.97 Å². The van der Waals surface area contributed by atoms with E-state index in [9.17, 15) is 14.4 Å². The smallest absolute Gasteiger partial charge is 0.328 e. The van der Waals surface area contributed by atoms with E-state index in [1.165, 1.54) is 7.11 Å². The van der Waals surface area contributed by atoms with Crippen molar-refractivity contribution >= 4 is 31.0 Å². The summed E-state index contributed by atoms with van der Waals surface area (Å²) < 4.78 is 4.94. The molecule has 134 valence electrons. The molecule has 1 unspecified atom stereocenters. The van der Waals surface area contributed by atoms with Crippen LogP contribution in [0.15, 0.2) is 54.6 Å². The van der Waals surface area contributed by atoms with Gasteiger partial charge in [-0.25, -0.2) is 4.79 Å². The Morgan fingerprint density at radius 2 is 1.46 bits per heavy atom. The number of ether oxygens (including phenoxy) is 1. The van der Waals surface area contributed by atoms with Gasteiger partial charge in [-0.05, 0) is 18.2 Å². The number of nitrogens with zero attached hydrogens (tertiary/aromatic N) is 1. The Bertz CT molecular complexity index is 828. The summed E-state index contributed by atoms with van der Waals surface area (Å²) in [5, 5.41) is 1.16. The molecule has 0 saturated heterocycles. The molecule has 0 saturated carbocycles. The normalized spacial score (nSPS) is 15.0. The third kappa shape index (κ3) is 3.08. The maximum atomic E-state index is 12.8. The summed E-state index contributed by atoms with van der Waals surface area (Å²) in [5.74, 6) is -1.42. The minimum atomic E-state index is -2.10. The minimum Gasteiger partial charge on any atom is -0.467 e. The second-order valence-electron chi connectivity index (χ2n) is 7.02. The molecule has 1 aliphatic heterocycles. The number of methoxy groups -OCH3 is 1. The molecule has 2 amide bonds. The van der Waals surface area contributed by atoms with Gasteiger partial charge in [0.2, 0.25) is 0 Å². The predicted molar refractivity (Wildman–Crippen MR) is 101 cm³/mol. The average Bonchev–Trinajstić information content (AvgIpc) is 2.91. The Morgan fingerprint density at radius 3 is 1.96 bits per heavy atom. The first-order valence-corrected chi connectivity index (χ1v) is 11.7. The molecule has 1 aliphatic rings. The van der Waals surface area contributed by atoms with Crippen molar-refractivity contribution in [1.29, 1.82) is 0 Å². The molecule has 0 bridgehead atoms. The molecule has 1 atom stereocenters. The second-order valence-corrected chi connectivity index (χ2v) is 11.8. The maximum absolute atomic E-state index is 12.8. The molecule has 0 fully saturated rings. The first kappa shape index (κ1) is 18.1. The summed E-state index contributed by atoms with van der Waals surface area (Å²) in [6.45, 7) is 4.24. The van der Waals surface area contributed by atoms with E-state index in [1.54, 1.807) is 24.3 Å². The highest BCUT2D eigenvalue weighted by Crippen LogP contribution is 2.28. The van der Waals surface area contributed by atoms with Crippen molar-refractivity contribution in [3.63, 3.8) is 0 Å². The zero-order chi connectivity index (χ0) is 18.9. The number of imide groups is 1. The van der Waals surface area contributed by atoms with Crippen LogP contribution in [0.4, 0.5) is 0 Å². The quantitative estimate of drug-likeness (QED) is 0.463. The lowest BCUT2D eigenvalue weighted by atomic mass is 10.1. The van der Waals surface area contributed by atoms with Gasteiger partial charge in [-0.3, -0.25) is 14.5 Å². The van der Waals surface area contributed by atoms with Crippen LogP contribution in [0.2, 0.25) is 19.1 Å². The fraction of sp³-hybridized carbons (Fsp3) is 0.250. The number of benzene rings is 2. The monoisotopic (exact) mass is 367 g/mol. The first-order chi connectivity index (χ1) is 12.4. The summed E-state index contributed by atoms with van der Waals surface area (Å²) in [5.41, 5.74) is 0.677. The van der Waals surface area contributed by atoms with Gasteiger partial charge in [-0.1, -0.05) is 60.7 Å². The second kappa shape index (κ2) is 6.88. The van der Waals surface area contributed by atoms with Gasteiger partial charge in [0.25, 0.3) is 11.8 Å². The highest BCUT2D eigenvalue weighted by atomic mass is 28.3. The molecule has 0 aliphatic carbocycles. The van der Waals surface area contributed by atoms with Crippen molar-refractivity contribution in [3.05, 3.63) is 65.7 Å². The van der Waals surface area contributed by atoms with Crippen molar-refractivity contribution < 1.29 is 19.1 Å². The lowest BCUT2D eigenvalue weighted by Gasteiger charge is -2.31. The van der Waals surface area contributed by atoms with Crippen LogP contribution in [0.3, 0.4) is 0 Å². The van der Waals surface area contributed by atoms with Crippen molar-refractivity contribution in [2.24, 2.45) is 0 Å². The van der Waals surface area contributed by atoms with E-state index in [4.69, 9.17) is 4.74 Å². The zero-order valence-electron chi connectivity index (χ0n) is 15.1. The molecular formula is C20H21NO4Si. The van der Waals surface area contributed by atoms with Crippen molar-refractivity contribution in [3.8, 4) is 0 Å². The molecule has 6 heteroatoms. The first-order valence-electron chi connectivity index (χ1n) is 8.47. The molecule has 3 rings (SSSR count). The van der Waals surface area contributed by atoms with Gasteiger partial charge in [0.05, 0.1) is 26.3 Å². The topological polar surface area (TPSA) is 63.7 Å². The van der Waals surface area contributed by atoms with Gasteiger partial charge in [0.15, 0.2) is 0 Å². The maximum Gasteiger partial charge on any atom is 0.328 e. The number of carbonyl (C=O) groups excluding carboxylic acids is 3. The van der Waals surface area contributed by atoms with E-state index in [-0.39, 0.29) is 0 Å². The van der Waals surface area contributed by atoms with E-state index >= 15 is 0 Å². The Kier molecular flexibility index (Phi) is 4.78. The van der Waals surface area contributed by atoms with Crippen LogP contribution in [0.25, 0.3) is 0 Å². The molecule has 26 heavy (non-hydrogen) atoms. The van der Waals surface area contributed by atoms with E-state index < -0.39 is 31.9 Å². The number of amides is 2. The van der Waals surface area contributed by atoms with Crippen LogP contribution in [-0.4, -0.2) is 43.9 Å². The number of carbonyl (C=O) groups is 3. The van der Waals surface area contributed by atoms with Crippen LogP contribution in [0, 0.1) is 0 Å². The molecule has 0 spiro atoms. The Hall–Kier alpha value is -2.73. The summed E-state index contributed by atoms with van der Waals surface area (Å²) >= 11 is 0. The number of esters is 1. The zero-order valence-corrected chi connectivity index (χ0v) is 16.1. The summed E-state index contributed by atoms with van der Waals surface area (Å²) in [4.78, 5) is 39.2. The Balaban J connectivity index is 1.97. The van der Waals surface area contributed by atoms with Crippen LogP contribution in [-0.2, 0) is 9.53 Å². The summed E-state index contributed by atoms with van der Waals surface area (Å²) in [6, 6.07) is 16.1. The molecular weight excluding hydrogens is 346 g/mol. The van der Waals surface area contributed by atoms with Crippen LogP contribution in [0.5, 0.6) is 0 Å². The predicted octanol–water partition coefficient (Wildman–Crippen LogP) is 2.44. The van der Waals surface area contributed by atoms with Crippen LogP contribution >= 0.6 is 0 Å². The fourth-order valence-corrected chi connectivity index (χ4v) is 6.04. The standard InChI is InChI=1S/C20H21NO4Si/c1-25-20(24)17(13-26(2,3)14-9-5-4-6-10-14)21-18(22)15-11-7-8-12-16(15)19(21)23/h4-12,17H,13H2,1-3H3. The van der Waals surface area contributed by atoms with Gasteiger partial charge in [-0.15, -0.1) is 0 Å². The van der Waals surface area contributed by atoms with Gasteiger partial charge in [-0.2, -0.15) is 0 Å². The molecule has 2 aromatic carbocycles. The van der Waals surface area contributed by atoms with Gasteiger partial charge < -0.3 is 4.74 Å². The number of hydrogen-bond acceptors (Lipinski definition) is 4. The van der Waals surface area contributed by atoms with Crippen LogP contribution in [0.1, 0.15) is 20.7 Å². The molecule has 2 aromatic rings. The van der Waals surface area contributed by atoms with Crippen molar-refractivity contribution in [1.82, 2.24) is 4.90 Å². The summed E-state index contributed by atoms with van der Waals surface area (Å²) in [6.07, 6.45) is 0. The lowest BCUT2D eigenvalue weighted by Crippen LogP contribution is -2.53. The fourth-order valence-electron chi connectivity index (χ4n) is 3.40. The van der Waals surface area contributed by atoms with Gasteiger partial charge in [0.1, 0.15) is 6.04 Å². The Labute approximate surface area is 153 Å². The highest BCUT2D eigenvalue weighted by Gasteiger charge is 2.45. The molecule has 0 radical (unpaired) electrons. The van der Waals surface area contributed by atoms with E-state index in [0.29, 0.717) is 17.2 Å². The number of fused-ring (bicyclic) bond motifs is 1. The lowest BCUT2D eigenvalue weighted by molar-refractivity contribution is -0.144. The van der Waals surface area contributed by atoms with Gasteiger partial charge in [0, 0.05) is 0 Å². The van der Waals surface area contributed by atoms with Crippen molar-refractivity contribution in [2.75, 3.05) is 7.11 Å². The van der Waals surface area contributed by atoms with Crippen LogP contribution < -0.4 is 5.19 Å². The third-order valence-electron chi connectivity index (χ3n) is 4.87. The number of hydrogen-bond donors (Lipinski definition) is 0.